The zero-order valence-corrected chi connectivity index (χ0v) is 15.3. The van der Waals surface area contributed by atoms with Gasteiger partial charge in [0.15, 0.2) is 5.01 Å². The lowest BCUT2D eigenvalue weighted by molar-refractivity contribution is -0.141. The van der Waals surface area contributed by atoms with Gasteiger partial charge in [0.05, 0.1) is 12.0 Å². The number of benzene rings is 1. The average Bonchev–Trinajstić information content (AvgIpc) is 3.10. The molecule has 2 heterocycles. The molecule has 0 spiro atoms. The Morgan fingerprint density at radius 2 is 2.00 bits per heavy atom. The number of nitrogens with zero attached hydrogens (tertiary/aromatic N) is 3. The zero-order chi connectivity index (χ0) is 19.6. The maximum Gasteiger partial charge on any atom is 0.433 e. The molecule has 0 amide bonds. The number of hydrogen-bond acceptors (Lipinski definition) is 6. The van der Waals surface area contributed by atoms with Crippen molar-refractivity contribution in [2.75, 3.05) is 12.4 Å². The summed E-state index contributed by atoms with van der Waals surface area (Å²) in [6.07, 6.45) is -1.76. The lowest BCUT2D eigenvalue weighted by Gasteiger charge is -2.10. The molecule has 3 rings (SSSR count). The summed E-state index contributed by atoms with van der Waals surface area (Å²) < 4.78 is 43.5. The quantitative estimate of drug-likeness (QED) is 0.598. The Labute approximate surface area is 157 Å². The van der Waals surface area contributed by atoms with Crippen molar-refractivity contribution in [2.24, 2.45) is 0 Å². The van der Waals surface area contributed by atoms with E-state index in [4.69, 9.17) is 4.74 Å². The van der Waals surface area contributed by atoms with Crippen molar-refractivity contribution in [2.45, 2.75) is 13.1 Å². The van der Waals surface area contributed by atoms with E-state index in [1.54, 1.807) is 18.3 Å². The first-order valence-corrected chi connectivity index (χ1v) is 8.56. The Morgan fingerprint density at radius 1 is 1.22 bits per heavy atom. The maximum absolute atomic E-state index is 12.8. The van der Waals surface area contributed by atoms with Crippen LogP contribution in [0.3, 0.4) is 0 Å². The van der Waals surface area contributed by atoms with Gasteiger partial charge in [-0.3, -0.25) is 0 Å². The number of rotatable bonds is 5. The van der Waals surface area contributed by atoms with Gasteiger partial charge in [-0.2, -0.15) is 13.2 Å². The molecule has 140 valence electrons. The molecule has 1 N–H and O–H groups in total. The van der Waals surface area contributed by atoms with Gasteiger partial charge in [-0.15, -0.1) is 11.3 Å². The average molecular weight is 392 g/mol. The minimum absolute atomic E-state index is 0.126. The van der Waals surface area contributed by atoms with Gasteiger partial charge in [0.2, 0.25) is 5.95 Å². The molecule has 0 unspecified atom stereocenters. The largest absolute Gasteiger partial charge is 0.494 e. The first-order valence-electron chi connectivity index (χ1n) is 7.74. The molecule has 0 aliphatic heterocycles. The van der Waals surface area contributed by atoms with Gasteiger partial charge in [-0.1, -0.05) is 12.6 Å². The van der Waals surface area contributed by atoms with Crippen molar-refractivity contribution in [3.8, 4) is 10.4 Å². The summed E-state index contributed by atoms with van der Waals surface area (Å²) >= 11 is 1.40. The van der Waals surface area contributed by atoms with E-state index in [-0.39, 0.29) is 5.95 Å². The van der Waals surface area contributed by atoms with Crippen LogP contribution in [0.2, 0.25) is 0 Å². The topological polar surface area (TPSA) is 59.9 Å². The highest BCUT2D eigenvalue weighted by Gasteiger charge is 2.32. The third-order valence-corrected chi connectivity index (χ3v) is 4.64. The van der Waals surface area contributed by atoms with Crippen LogP contribution in [0.4, 0.5) is 24.8 Å². The summed E-state index contributed by atoms with van der Waals surface area (Å²) in [6.45, 7) is 5.66. The second kappa shape index (κ2) is 7.36. The van der Waals surface area contributed by atoms with Gasteiger partial charge in [0, 0.05) is 18.1 Å². The summed E-state index contributed by atoms with van der Waals surface area (Å²) in [4.78, 5) is 12.5. The molecule has 2 aromatic heterocycles. The SMILES string of the molecule is C=C(OC)c1ncc(-c2cc(C)cc(Nc3nccc(C(F)(F)F)n3)c2)s1. The van der Waals surface area contributed by atoms with Crippen molar-refractivity contribution in [3.05, 3.63) is 59.5 Å². The summed E-state index contributed by atoms with van der Waals surface area (Å²) in [6, 6.07) is 6.37. The fraction of sp³-hybridized carbons (Fsp3) is 0.167. The van der Waals surface area contributed by atoms with Gasteiger partial charge in [-0.25, -0.2) is 15.0 Å². The smallest absolute Gasteiger partial charge is 0.433 e. The molecule has 0 radical (unpaired) electrons. The standard InChI is InChI=1S/C18H15F3N4OS/c1-10-6-12(14-9-23-16(27-14)11(2)26-3)8-13(7-10)24-17-22-5-4-15(25-17)18(19,20)21/h4-9H,2H2,1,3H3,(H,22,24,25). The minimum atomic E-state index is -4.53. The highest BCUT2D eigenvalue weighted by molar-refractivity contribution is 7.16. The monoisotopic (exact) mass is 392 g/mol. The van der Waals surface area contributed by atoms with Crippen LogP contribution in [-0.4, -0.2) is 22.1 Å². The molecule has 0 saturated carbocycles. The van der Waals surface area contributed by atoms with Crippen LogP contribution in [-0.2, 0) is 10.9 Å². The summed E-state index contributed by atoms with van der Waals surface area (Å²) in [5.41, 5.74) is 1.35. The molecule has 0 saturated heterocycles. The van der Waals surface area contributed by atoms with Crippen LogP contribution in [0.1, 0.15) is 16.3 Å². The van der Waals surface area contributed by atoms with E-state index in [1.165, 1.54) is 18.4 Å². The Kier molecular flexibility index (Phi) is 5.13. The summed E-state index contributed by atoms with van der Waals surface area (Å²) in [7, 11) is 1.52. The number of thiazole rings is 1. The molecular weight excluding hydrogens is 377 g/mol. The minimum Gasteiger partial charge on any atom is -0.494 e. The number of ether oxygens (including phenoxy) is 1. The zero-order valence-electron chi connectivity index (χ0n) is 14.5. The lowest BCUT2D eigenvalue weighted by atomic mass is 10.1. The fourth-order valence-electron chi connectivity index (χ4n) is 2.33. The lowest BCUT2D eigenvalue weighted by Crippen LogP contribution is -2.10. The van der Waals surface area contributed by atoms with E-state index in [9.17, 15) is 13.2 Å². The van der Waals surface area contributed by atoms with Gasteiger partial charge < -0.3 is 10.1 Å². The Morgan fingerprint density at radius 3 is 2.70 bits per heavy atom. The van der Waals surface area contributed by atoms with Crippen LogP contribution in [0, 0.1) is 6.92 Å². The molecule has 0 aliphatic rings. The van der Waals surface area contributed by atoms with E-state index in [2.05, 4.69) is 26.8 Å². The Bertz CT molecular complexity index is 985. The third-order valence-electron chi connectivity index (χ3n) is 3.55. The second-order valence-electron chi connectivity index (χ2n) is 5.63. The number of halogens is 3. The molecular formula is C18H15F3N4OS. The Balaban J connectivity index is 1.90. The van der Waals surface area contributed by atoms with Crippen molar-refractivity contribution in [1.29, 1.82) is 0 Å². The first-order chi connectivity index (χ1) is 12.8. The van der Waals surface area contributed by atoms with E-state index in [0.717, 1.165) is 28.3 Å². The Hall–Kier alpha value is -2.94. The molecule has 0 bridgehead atoms. The fourth-order valence-corrected chi connectivity index (χ4v) is 3.18. The van der Waals surface area contributed by atoms with E-state index >= 15 is 0 Å². The normalized spacial score (nSPS) is 11.3. The summed E-state index contributed by atoms with van der Waals surface area (Å²) in [5, 5.41) is 3.49. The predicted molar refractivity (Wildman–Crippen MR) is 98.6 cm³/mol. The van der Waals surface area contributed by atoms with Gasteiger partial charge >= 0.3 is 6.18 Å². The molecule has 0 aliphatic carbocycles. The van der Waals surface area contributed by atoms with Gasteiger partial charge in [0.1, 0.15) is 11.5 Å². The predicted octanol–water partition coefficient (Wildman–Crippen LogP) is 5.29. The molecule has 1 aromatic carbocycles. The van der Waals surface area contributed by atoms with Crippen LogP contribution < -0.4 is 5.32 Å². The first kappa shape index (κ1) is 18.8. The highest BCUT2D eigenvalue weighted by atomic mass is 32.1. The number of aromatic nitrogens is 3. The van der Waals surface area contributed by atoms with E-state index < -0.39 is 11.9 Å². The van der Waals surface area contributed by atoms with Crippen molar-refractivity contribution in [1.82, 2.24) is 15.0 Å². The number of anilines is 2. The molecule has 3 aromatic rings. The van der Waals surface area contributed by atoms with Crippen molar-refractivity contribution < 1.29 is 17.9 Å². The number of methoxy groups -OCH3 is 1. The number of nitrogens with one attached hydrogen (secondary N) is 1. The third kappa shape index (κ3) is 4.43. The van der Waals surface area contributed by atoms with Gasteiger partial charge in [0.25, 0.3) is 0 Å². The van der Waals surface area contributed by atoms with E-state index in [1.807, 2.05) is 13.0 Å². The van der Waals surface area contributed by atoms with Crippen LogP contribution in [0.5, 0.6) is 0 Å². The molecule has 0 fully saturated rings. The van der Waals surface area contributed by atoms with Crippen molar-refractivity contribution in [3.63, 3.8) is 0 Å². The van der Waals surface area contributed by atoms with Gasteiger partial charge in [-0.05, 0) is 36.2 Å². The van der Waals surface area contributed by atoms with Crippen molar-refractivity contribution >= 4 is 28.7 Å². The van der Waals surface area contributed by atoms with Crippen LogP contribution in [0.25, 0.3) is 16.2 Å². The molecule has 5 nitrogen and oxygen atoms in total. The summed E-state index contributed by atoms with van der Waals surface area (Å²) in [5.74, 6) is 0.341. The number of hydrogen-bond donors (Lipinski definition) is 1. The second-order valence-corrected chi connectivity index (χ2v) is 6.66. The highest BCUT2D eigenvalue weighted by Crippen LogP contribution is 2.33. The molecule has 0 atom stereocenters. The molecule has 27 heavy (non-hydrogen) atoms. The van der Waals surface area contributed by atoms with E-state index in [0.29, 0.717) is 16.5 Å². The number of aryl methyl sites for hydroxylation is 1. The van der Waals surface area contributed by atoms with Crippen LogP contribution >= 0.6 is 11.3 Å². The maximum atomic E-state index is 12.8. The molecule has 9 heteroatoms. The number of alkyl halides is 3. The van der Waals surface area contributed by atoms with Crippen LogP contribution in [0.15, 0.2) is 43.2 Å².